The highest BCUT2D eigenvalue weighted by Crippen LogP contribution is 2.21. The van der Waals surface area contributed by atoms with Crippen LogP contribution in [0.5, 0.6) is 0 Å². The summed E-state index contributed by atoms with van der Waals surface area (Å²) in [6.07, 6.45) is 0. The number of amides is 1. The number of carbonyl (C=O) groups excluding carboxylic acids is 2. The quantitative estimate of drug-likeness (QED) is 0.627. The second kappa shape index (κ2) is 8.49. The van der Waals surface area contributed by atoms with Crippen molar-refractivity contribution in [2.24, 2.45) is 0 Å². The third-order valence-electron chi connectivity index (χ3n) is 3.92. The second-order valence-corrected chi connectivity index (χ2v) is 6.35. The molecule has 1 heterocycles. The van der Waals surface area contributed by atoms with Crippen LogP contribution in [0.15, 0.2) is 54.6 Å². The number of benzene rings is 2. The topological polar surface area (TPSA) is 93.2 Å². The number of nitrogens with one attached hydrogen (secondary N) is 2. The molecule has 0 aliphatic carbocycles. The lowest BCUT2D eigenvalue weighted by atomic mass is 10.2. The Balaban J connectivity index is 1.66. The van der Waals surface area contributed by atoms with Gasteiger partial charge in [0.15, 0.2) is 11.5 Å². The zero-order chi connectivity index (χ0) is 20.1. The first-order chi connectivity index (χ1) is 13.5. The SMILES string of the molecule is COC(=O)c1ccc(Nc2ccc(C(=O)Nc3cc(Cl)ccc3C)nn2)cc1. The first kappa shape index (κ1) is 19.3. The van der Waals surface area contributed by atoms with Gasteiger partial charge in [0.25, 0.3) is 5.91 Å². The number of halogens is 1. The van der Waals surface area contributed by atoms with Crippen LogP contribution in [-0.2, 0) is 4.74 Å². The number of carbonyl (C=O) groups is 2. The summed E-state index contributed by atoms with van der Waals surface area (Å²) in [7, 11) is 1.33. The lowest BCUT2D eigenvalue weighted by Crippen LogP contribution is -2.15. The maximum Gasteiger partial charge on any atom is 0.337 e. The minimum absolute atomic E-state index is 0.172. The van der Waals surface area contributed by atoms with Gasteiger partial charge in [0.1, 0.15) is 0 Å². The summed E-state index contributed by atoms with van der Waals surface area (Å²) in [6, 6.07) is 15.2. The molecule has 0 saturated carbocycles. The number of methoxy groups -OCH3 is 1. The molecule has 1 amide bonds. The number of anilines is 3. The average molecular weight is 397 g/mol. The minimum atomic E-state index is -0.406. The second-order valence-electron chi connectivity index (χ2n) is 5.91. The Bertz CT molecular complexity index is 1000. The highest BCUT2D eigenvalue weighted by molar-refractivity contribution is 6.31. The number of aromatic nitrogens is 2. The lowest BCUT2D eigenvalue weighted by molar-refractivity contribution is 0.0600. The molecular formula is C20H17ClN4O3. The highest BCUT2D eigenvalue weighted by atomic mass is 35.5. The molecule has 2 N–H and O–H groups in total. The van der Waals surface area contributed by atoms with Crippen molar-refractivity contribution in [3.8, 4) is 0 Å². The zero-order valence-electron chi connectivity index (χ0n) is 15.2. The van der Waals surface area contributed by atoms with Crippen LogP contribution < -0.4 is 10.6 Å². The molecule has 0 aliphatic rings. The molecule has 1 aromatic heterocycles. The van der Waals surface area contributed by atoms with Gasteiger partial charge >= 0.3 is 5.97 Å². The largest absolute Gasteiger partial charge is 0.465 e. The number of esters is 1. The van der Waals surface area contributed by atoms with Crippen molar-refractivity contribution in [2.45, 2.75) is 6.92 Å². The molecule has 0 spiro atoms. The molecule has 28 heavy (non-hydrogen) atoms. The van der Waals surface area contributed by atoms with Gasteiger partial charge in [-0.2, -0.15) is 0 Å². The molecule has 0 radical (unpaired) electrons. The first-order valence-corrected chi connectivity index (χ1v) is 8.70. The molecule has 0 bridgehead atoms. The fourth-order valence-corrected chi connectivity index (χ4v) is 2.56. The zero-order valence-corrected chi connectivity index (χ0v) is 15.9. The molecular weight excluding hydrogens is 380 g/mol. The van der Waals surface area contributed by atoms with E-state index < -0.39 is 5.97 Å². The normalized spacial score (nSPS) is 10.2. The van der Waals surface area contributed by atoms with Crippen molar-refractivity contribution in [3.05, 3.63) is 76.4 Å². The molecule has 0 unspecified atom stereocenters. The molecule has 142 valence electrons. The summed E-state index contributed by atoms with van der Waals surface area (Å²) in [5.41, 5.74) is 2.84. The Morgan fingerprint density at radius 2 is 1.75 bits per heavy atom. The molecule has 0 atom stereocenters. The van der Waals surface area contributed by atoms with E-state index in [0.29, 0.717) is 27.8 Å². The van der Waals surface area contributed by atoms with Crippen LogP contribution in [0.25, 0.3) is 0 Å². The molecule has 0 saturated heterocycles. The van der Waals surface area contributed by atoms with Gasteiger partial charge in [0, 0.05) is 16.4 Å². The van der Waals surface area contributed by atoms with Gasteiger partial charge in [-0.1, -0.05) is 17.7 Å². The predicted octanol–water partition coefficient (Wildman–Crippen LogP) is 4.22. The molecule has 2 aromatic carbocycles. The summed E-state index contributed by atoms with van der Waals surface area (Å²) >= 11 is 5.97. The van der Waals surface area contributed by atoms with E-state index in [4.69, 9.17) is 11.6 Å². The van der Waals surface area contributed by atoms with E-state index in [1.807, 2.05) is 13.0 Å². The van der Waals surface area contributed by atoms with Gasteiger partial charge in [-0.3, -0.25) is 4.79 Å². The smallest absolute Gasteiger partial charge is 0.337 e. The number of aryl methyl sites for hydroxylation is 1. The third kappa shape index (κ3) is 4.63. The summed E-state index contributed by atoms with van der Waals surface area (Å²) in [6.45, 7) is 1.87. The van der Waals surface area contributed by atoms with E-state index in [2.05, 4.69) is 25.6 Å². The first-order valence-electron chi connectivity index (χ1n) is 8.33. The van der Waals surface area contributed by atoms with Crippen molar-refractivity contribution in [2.75, 3.05) is 17.7 Å². The van der Waals surface area contributed by atoms with Crippen LogP contribution in [0, 0.1) is 6.92 Å². The van der Waals surface area contributed by atoms with Gasteiger partial charge in [0.05, 0.1) is 12.7 Å². The van der Waals surface area contributed by atoms with Crippen LogP contribution in [-0.4, -0.2) is 29.2 Å². The fraction of sp³-hybridized carbons (Fsp3) is 0.100. The molecule has 3 rings (SSSR count). The summed E-state index contributed by atoms with van der Waals surface area (Å²) < 4.78 is 4.66. The number of hydrogen-bond donors (Lipinski definition) is 2. The molecule has 3 aromatic rings. The number of hydrogen-bond acceptors (Lipinski definition) is 6. The van der Waals surface area contributed by atoms with E-state index in [0.717, 1.165) is 5.56 Å². The Hall–Kier alpha value is -3.45. The number of ether oxygens (including phenoxy) is 1. The lowest BCUT2D eigenvalue weighted by Gasteiger charge is -2.09. The monoisotopic (exact) mass is 396 g/mol. The average Bonchev–Trinajstić information content (AvgIpc) is 2.71. The van der Waals surface area contributed by atoms with Crippen molar-refractivity contribution in [3.63, 3.8) is 0 Å². The summed E-state index contributed by atoms with van der Waals surface area (Å²) in [5.74, 6) is -0.329. The minimum Gasteiger partial charge on any atom is -0.465 e. The fourth-order valence-electron chi connectivity index (χ4n) is 2.39. The van der Waals surface area contributed by atoms with Crippen LogP contribution in [0.3, 0.4) is 0 Å². The van der Waals surface area contributed by atoms with Gasteiger partial charge < -0.3 is 15.4 Å². The van der Waals surface area contributed by atoms with E-state index in [1.54, 1.807) is 48.5 Å². The Kier molecular flexibility index (Phi) is 5.86. The van der Waals surface area contributed by atoms with Crippen molar-refractivity contribution < 1.29 is 14.3 Å². The van der Waals surface area contributed by atoms with E-state index in [-0.39, 0.29) is 11.6 Å². The van der Waals surface area contributed by atoms with Gasteiger partial charge in [-0.25, -0.2) is 4.79 Å². The summed E-state index contributed by atoms with van der Waals surface area (Å²) in [5, 5.41) is 14.3. The van der Waals surface area contributed by atoms with Gasteiger partial charge in [0.2, 0.25) is 0 Å². The van der Waals surface area contributed by atoms with Gasteiger partial charge in [-0.05, 0) is 61.0 Å². The third-order valence-corrected chi connectivity index (χ3v) is 4.16. The van der Waals surface area contributed by atoms with Crippen molar-refractivity contribution in [1.29, 1.82) is 0 Å². The van der Waals surface area contributed by atoms with Crippen LogP contribution >= 0.6 is 11.6 Å². The maximum absolute atomic E-state index is 12.4. The van der Waals surface area contributed by atoms with E-state index in [1.165, 1.54) is 7.11 Å². The molecule has 8 heteroatoms. The standard InChI is InChI=1S/C20H17ClN4O3/c1-12-3-6-14(21)11-17(12)23-19(26)16-9-10-18(25-24-16)22-15-7-4-13(5-8-15)20(27)28-2/h3-11H,1-2H3,(H,22,25)(H,23,26). The van der Waals surface area contributed by atoms with Crippen LogP contribution in [0.2, 0.25) is 5.02 Å². The van der Waals surface area contributed by atoms with Gasteiger partial charge in [-0.15, -0.1) is 10.2 Å². The number of nitrogens with zero attached hydrogens (tertiary/aromatic N) is 2. The van der Waals surface area contributed by atoms with E-state index in [9.17, 15) is 9.59 Å². The maximum atomic E-state index is 12.4. The highest BCUT2D eigenvalue weighted by Gasteiger charge is 2.11. The summed E-state index contributed by atoms with van der Waals surface area (Å²) in [4.78, 5) is 23.8. The van der Waals surface area contributed by atoms with E-state index >= 15 is 0 Å². The van der Waals surface area contributed by atoms with Crippen molar-refractivity contribution in [1.82, 2.24) is 10.2 Å². The molecule has 0 fully saturated rings. The predicted molar refractivity (Wildman–Crippen MR) is 107 cm³/mol. The molecule has 0 aliphatic heterocycles. The Labute approximate surface area is 166 Å². The van der Waals surface area contributed by atoms with Crippen LogP contribution in [0.1, 0.15) is 26.4 Å². The molecule has 7 nitrogen and oxygen atoms in total. The van der Waals surface area contributed by atoms with Crippen LogP contribution in [0.4, 0.5) is 17.2 Å². The Morgan fingerprint density at radius 3 is 2.39 bits per heavy atom. The van der Waals surface area contributed by atoms with Crippen molar-refractivity contribution >= 4 is 40.7 Å². The Morgan fingerprint density at radius 1 is 1.00 bits per heavy atom. The number of rotatable bonds is 5.